The molecule has 1 unspecified atom stereocenters. The van der Waals surface area contributed by atoms with Crippen LogP contribution in [-0.4, -0.2) is 29.7 Å². The molecule has 4 nitrogen and oxygen atoms in total. The first kappa shape index (κ1) is 20.7. The van der Waals surface area contributed by atoms with Crippen molar-refractivity contribution >= 4 is 52.1 Å². The van der Waals surface area contributed by atoms with E-state index in [2.05, 4.69) is 17.4 Å². The van der Waals surface area contributed by atoms with Gasteiger partial charge in [0, 0.05) is 33.2 Å². The maximum Gasteiger partial charge on any atom is 0.245 e. The van der Waals surface area contributed by atoms with Gasteiger partial charge in [0.25, 0.3) is 0 Å². The first-order valence-electron chi connectivity index (χ1n) is 9.38. The number of hydrazone groups is 1. The van der Waals surface area contributed by atoms with Crippen LogP contribution in [0.5, 0.6) is 0 Å². The fraction of sp³-hybridized carbons (Fsp3) is 0.130. The standard InChI is InChI=1S/C23H18Cl3N3O/c24-17-8-6-16(7-9-17)23-21(15-4-2-1-3-5-15)13-29(28-23)14-22(30)27-20-11-18(25)10-19(26)12-20/h1-12,21H,13-14H2,(H,27,30). The number of anilines is 1. The minimum absolute atomic E-state index is 0.0563. The summed E-state index contributed by atoms with van der Waals surface area (Å²) in [5.41, 5.74) is 3.60. The van der Waals surface area contributed by atoms with E-state index in [1.807, 2.05) is 42.5 Å². The van der Waals surface area contributed by atoms with Crippen LogP contribution in [0.15, 0.2) is 77.9 Å². The summed E-state index contributed by atoms with van der Waals surface area (Å²) >= 11 is 18.1. The summed E-state index contributed by atoms with van der Waals surface area (Å²) in [4.78, 5) is 12.6. The van der Waals surface area contributed by atoms with Crippen molar-refractivity contribution < 1.29 is 4.79 Å². The zero-order valence-electron chi connectivity index (χ0n) is 15.9. The zero-order valence-corrected chi connectivity index (χ0v) is 18.1. The van der Waals surface area contributed by atoms with E-state index < -0.39 is 0 Å². The van der Waals surface area contributed by atoms with Crippen LogP contribution in [0, 0.1) is 0 Å². The van der Waals surface area contributed by atoms with E-state index >= 15 is 0 Å². The highest BCUT2D eigenvalue weighted by molar-refractivity contribution is 6.35. The van der Waals surface area contributed by atoms with Crippen LogP contribution in [0.2, 0.25) is 15.1 Å². The summed E-state index contributed by atoms with van der Waals surface area (Å²) in [5.74, 6) is -0.137. The van der Waals surface area contributed by atoms with E-state index in [9.17, 15) is 4.79 Å². The van der Waals surface area contributed by atoms with E-state index in [1.54, 1.807) is 23.2 Å². The third-order valence-electron chi connectivity index (χ3n) is 4.79. The summed E-state index contributed by atoms with van der Waals surface area (Å²) in [6.07, 6.45) is 0. The Hall–Kier alpha value is -2.53. The molecule has 0 fully saturated rings. The van der Waals surface area contributed by atoms with E-state index in [0.29, 0.717) is 27.3 Å². The molecule has 152 valence electrons. The quantitative estimate of drug-likeness (QED) is 0.503. The van der Waals surface area contributed by atoms with E-state index in [-0.39, 0.29) is 18.4 Å². The first-order chi connectivity index (χ1) is 14.5. The average Bonchev–Trinajstić information content (AvgIpc) is 3.12. The maximum atomic E-state index is 12.6. The Labute approximate surface area is 190 Å². The minimum Gasteiger partial charge on any atom is -0.324 e. The fourth-order valence-corrected chi connectivity index (χ4v) is 4.13. The van der Waals surface area contributed by atoms with Gasteiger partial charge >= 0.3 is 0 Å². The van der Waals surface area contributed by atoms with Gasteiger partial charge in [-0.15, -0.1) is 0 Å². The molecule has 0 radical (unpaired) electrons. The topological polar surface area (TPSA) is 44.7 Å². The fourth-order valence-electron chi connectivity index (χ4n) is 3.48. The predicted octanol–water partition coefficient (Wildman–Crippen LogP) is 6.09. The molecule has 1 atom stereocenters. The van der Waals surface area contributed by atoms with Crippen molar-refractivity contribution in [2.75, 3.05) is 18.4 Å². The summed E-state index contributed by atoms with van der Waals surface area (Å²) < 4.78 is 0. The second kappa shape index (κ2) is 9.09. The highest BCUT2D eigenvalue weighted by Crippen LogP contribution is 2.29. The summed E-state index contributed by atoms with van der Waals surface area (Å²) in [7, 11) is 0. The molecule has 30 heavy (non-hydrogen) atoms. The molecule has 1 N–H and O–H groups in total. The van der Waals surface area contributed by atoms with Crippen LogP contribution in [0.3, 0.4) is 0 Å². The molecule has 1 heterocycles. The first-order valence-corrected chi connectivity index (χ1v) is 10.5. The van der Waals surface area contributed by atoms with Crippen LogP contribution in [0.1, 0.15) is 17.0 Å². The SMILES string of the molecule is O=C(CN1CC(c2ccccc2)C(c2ccc(Cl)cc2)=N1)Nc1cc(Cl)cc(Cl)c1. The molecular weight excluding hydrogens is 441 g/mol. The molecular formula is C23H18Cl3N3O. The molecule has 0 saturated carbocycles. The van der Waals surface area contributed by atoms with Gasteiger partial charge in [-0.25, -0.2) is 0 Å². The van der Waals surface area contributed by atoms with Crippen LogP contribution < -0.4 is 5.32 Å². The number of carbonyl (C=O) groups excluding carboxylic acids is 1. The van der Waals surface area contributed by atoms with Gasteiger partial charge < -0.3 is 5.32 Å². The predicted molar refractivity (Wildman–Crippen MR) is 124 cm³/mol. The van der Waals surface area contributed by atoms with Crippen molar-refractivity contribution in [3.05, 3.63) is 99.0 Å². The van der Waals surface area contributed by atoms with Crippen molar-refractivity contribution in [3.63, 3.8) is 0 Å². The van der Waals surface area contributed by atoms with E-state index in [1.165, 1.54) is 0 Å². The van der Waals surface area contributed by atoms with Gasteiger partial charge in [0.15, 0.2) is 0 Å². The highest BCUT2D eigenvalue weighted by Gasteiger charge is 2.30. The van der Waals surface area contributed by atoms with Crippen molar-refractivity contribution in [2.45, 2.75) is 5.92 Å². The number of rotatable bonds is 5. The lowest BCUT2D eigenvalue weighted by Crippen LogP contribution is -2.29. The van der Waals surface area contributed by atoms with Crippen molar-refractivity contribution in [2.24, 2.45) is 5.10 Å². The lowest BCUT2D eigenvalue weighted by Gasteiger charge is -2.16. The van der Waals surface area contributed by atoms with Gasteiger partial charge in [-0.2, -0.15) is 5.10 Å². The minimum atomic E-state index is -0.193. The molecule has 0 spiro atoms. The van der Waals surface area contributed by atoms with Crippen molar-refractivity contribution in [3.8, 4) is 0 Å². The summed E-state index contributed by atoms with van der Waals surface area (Å²) in [6, 6.07) is 22.7. The zero-order chi connectivity index (χ0) is 21.1. The second-order valence-corrected chi connectivity index (χ2v) is 8.32. The molecule has 0 bridgehead atoms. The monoisotopic (exact) mass is 457 g/mol. The lowest BCUT2D eigenvalue weighted by atomic mass is 9.91. The van der Waals surface area contributed by atoms with Gasteiger partial charge in [-0.1, -0.05) is 77.3 Å². The molecule has 3 aromatic rings. The Bertz CT molecular complexity index is 1060. The molecule has 3 aromatic carbocycles. The van der Waals surface area contributed by atoms with Crippen molar-refractivity contribution in [1.82, 2.24) is 5.01 Å². The van der Waals surface area contributed by atoms with Gasteiger partial charge in [0.2, 0.25) is 5.91 Å². The molecule has 1 aliphatic heterocycles. The molecule has 0 saturated heterocycles. The third-order valence-corrected chi connectivity index (χ3v) is 5.48. The van der Waals surface area contributed by atoms with Crippen molar-refractivity contribution in [1.29, 1.82) is 0 Å². The number of halogens is 3. The highest BCUT2D eigenvalue weighted by atomic mass is 35.5. The number of carbonyl (C=O) groups is 1. The van der Waals surface area contributed by atoms with Gasteiger partial charge in [-0.05, 0) is 41.5 Å². The number of hydrogen-bond donors (Lipinski definition) is 1. The van der Waals surface area contributed by atoms with Gasteiger partial charge in [-0.3, -0.25) is 9.80 Å². The Morgan fingerprint density at radius 2 is 1.60 bits per heavy atom. The Morgan fingerprint density at radius 3 is 2.27 bits per heavy atom. The largest absolute Gasteiger partial charge is 0.324 e. The lowest BCUT2D eigenvalue weighted by molar-refractivity contribution is -0.117. The normalized spacial score (nSPS) is 15.8. The van der Waals surface area contributed by atoms with E-state index in [4.69, 9.17) is 39.9 Å². The van der Waals surface area contributed by atoms with Crippen LogP contribution in [-0.2, 0) is 4.79 Å². The van der Waals surface area contributed by atoms with Crippen LogP contribution in [0.4, 0.5) is 5.69 Å². The molecule has 4 rings (SSSR count). The molecule has 0 aliphatic carbocycles. The van der Waals surface area contributed by atoms with Crippen LogP contribution >= 0.6 is 34.8 Å². The number of benzene rings is 3. The Balaban J connectivity index is 1.54. The number of amides is 1. The second-order valence-electron chi connectivity index (χ2n) is 7.01. The third kappa shape index (κ3) is 4.96. The number of nitrogens with zero attached hydrogens (tertiary/aromatic N) is 2. The Morgan fingerprint density at radius 1 is 0.933 bits per heavy atom. The molecule has 7 heteroatoms. The smallest absolute Gasteiger partial charge is 0.245 e. The number of hydrogen-bond acceptors (Lipinski definition) is 3. The van der Waals surface area contributed by atoms with Gasteiger partial charge in [0.05, 0.1) is 5.71 Å². The average molecular weight is 459 g/mol. The van der Waals surface area contributed by atoms with Gasteiger partial charge in [0.1, 0.15) is 6.54 Å². The summed E-state index contributed by atoms with van der Waals surface area (Å²) in [6.45, 7) is 0.719. The van der Waals surface area contributed by atoms with E-state index in [0.717, 1.165) is 16.8 Å². The number of nitrogens with one attached hydrogen (secondary N) is 1. The Kier molecular flexibility index (Phi) is 6.28. The maximum absolute atomic E-state index is 12.6. The molecule has 1 aliphatic rings. The molecule has 1 amide bonds. The van der Waals surface area contributed by atoms with Crippen LogP contribution in [0.25, 0.3) is 0 Å². The molecule has 0 aromatic heterocycles. The summed E-state index contributed by atoms with van der Waals surface area (Å²) in [5, 5.41) is 11.0.